The van der Waals surface area contributed by atoms with Crippen molar-refractivity contribution in [2.24, 2.45) is 0 Å². The topological polar surface area (TPSA) is 35.5 Å². The number of piperazine rings is 1. The molecular formula is C12H16Cl2F2N2O. The van der Waals surface area contributed by atoms with Gasteiger partial charge in [-0.1, -0.05) is 11.6 Å². The molecule has 108 valence electrons. The monoisotopic (exact) mass is 312 g/mol. The van der Waals surface area contributed by atoms with Gasteiger partial charge < -0.3 is 10.4 Å². The van der Waals surface area contributed by atoms with Crippen molar-refractivity contribution in [2.75, 3.05) is 32.8 Å². The van der Waals surface area contributed by atoms with Gasteiger partial charge in [0.25, 0.3) is 0 Å². The first-order chi connectivity index (χ1) is 8.65. The highest BCUT2D eigenvalue weighted by molar-refractivity contribution is 6.30. The third-order valence-corrected chi connectivity index (χ3v) is 3.47. The summed E-state index contributed by atoms with van der Waals surface area (Å²) >= 11 is 5.67. The second kappa shape index (κ2) is 7.36. The Hall–Kier alpha value is -0.460. The average Bonchev–Trinajstić information content (AvgIpc) is 2.40. The highest BCUT2D eigenvalue weighted by atomic mass is 35.5. The van der Waals surface area contributed by atoms with Crippen LogP contribution in [0.2, 0.25) is 5.02 Å². The third-order valence-electron chi connectivity index (χ3n) is 3.18. The van der Waals surface area contributed by atoms with Crippen LogP contribution in [0.25, 0.3) is 0 Å². The van der Waals surface area contributed by atoms with Gasteiger partial charge in [-0.15, -0.1) is 12.4 Å². The molecule has 2 N–H and O–H groups in total. The van der Waals surface area contributed by atoms with Crippen LogP contribution in [0, 0.1) is 11.6 Å². The highest BCUT2D eigenvalue weighted by Gasteiger charge is 2.27. The average molecular weight is 313 g/mol. The normalized spacial score (nSPS) is 17.9. The van der Waals surface area contributed by atoms with Crippen molar-refractivity contribution >= 4 is 24.0 Å². The van der Waals surface area contributed by atoms with Gasteiger partial charge in [0.05, 0.1) is 17.7 Å². The molecule has 1 saturated heterocycles. The van der Waals surface area contributed by atoms with Crippen LogP contribution in [0.4, 0.5) is 8.78 Å². The summed E-state index contributed by atoms with van der Waals surface area (Å²) in [6.07, 6.45) is 0. The second-order valence-corrected chi connectivity index (χ2v) is 4.65. The van der Waals surface area contributed by atoms with Crippen LogP contribution < -0.4 is 5.32 Å². The van der Waals surface area contributed by atoms with Crippen molar-refractivity contribution in [2.45, 2.75) is 6.04 Å². The fourth-order valence-corrected chi connectivity index (χ4v) is 2.40. The maximum Gasteiger partial charge on any atom is 0.149 e. The molecule has 1 fully saturated rings. The summed E-state index contributed by atoms with van der Waals surface area (Å²) in [5.41, 5.74) is -0.146. The van der Waals surface area contributed by atoms with Crippen LogP contribution in [0.3, 0.4) is 0 Å². The molecule has 0 aromatic heterocycles. The molecule has 0 saturated carbocycles. The summed E-state index contributed by atoms with van der Waals surface area (Å²) in [4.78, 5) is 1.86. The number of hydrogen-bond acceptors (Lipinski definition) is 3. The summed E-state index contributed by atoms with van der Waals surface area (Å²) < 4.78 is 27.7. The van der Waals surface area contributed by atoms with Crippen LogP contribution in [0.15, 0.2) is 12.1 Å². The molecule has 1 heterocycles. The van der Waals surface area contributed by atoms with Gasteiger partial charge in [0.2, 0.25) is 0 Å². The zero-order chi connectivity index (χ0) is 13.1. The SMILES string of the molecule is Cl.OC[C@@H](c1c(F)ccc(Cl)c1F)N1CCNCC1. The first-order valence-electron chi connectivity index (χ1n) is 5.84. The van der Waals surface area contributed by atoms with Gasteiger partial charge in [-0.3, -0.25) is 4.90 Å². The summed E-state index contributed by atoms with van der Waals surface area (Å²) in [6.45, 7) is 2.40. The summed E-state index contributed by atoms with van der Waals surface area (Å²) in [5.74, 6) is -1.45. The Morgan fingerprint density at radius 2 is 1.95 bits per heavy atom. The van der Waals surface area contributed by atoms with Crippen molar-refractivity contribution < 1.29 is 13.9 Å². The Balaban J connectivity index is 0.00000180. The molecule has 0 radical (unpaired) electrons. The number of nitrogens with zero attached hydrogens (tertiary/aromatic N) is 1. The Labute approximate surface area is 122 Å². The minimum absolute atomic E-state index is 0. The lowest BCUT2D eigenvalue weighted by Crippen LogP contribution is -2.46. The van der Waals surface area contributed by atoms with Crippen molar-refractivity contribution in [3.8, 4) is 0 Å². The molecule has 7 heteroatoms. The van der Waals surface area contributed by atoms with Crippen LogP contribution >= 0.6 is 24.0 Å². The second-order valence-electron chi connectivity index (χ2n) is 4.24. The fraction of sp³-hybridized carbons (Fsp3) is 0.500. The predicted octanol–water partition coefficient (Wildman–Crippen LogP) is 1.98. The summed E-state index contributed by atoms with van der Waals surface area (Å²) in [6, 6.07) is 1.62. The van der Waals surface area contributed by atoms with Crippen molar-refractivity contribution in [3.05, 3.63) is 34.4 Å². The fourth-order valence-electron chi connectivity index (χ4n) is 2.23. The maximum atomic E-state index is 13.9. The number of rotatable bonds is 3. The van der Waals surface area contributed by atoms with E-state index in [2.05, 4.69) is 5.32 Å². The molecule has 1 aromatic carbocycles. The smallest absolute Gasteiger partial charge is 0.149 e. The van der Waals surface area contributed by atoms with Crippen LogP contribution in [0.5, 0.6) is 0 Å². The van der Waals surface area contributed by atoms with Crippen LogP contribution in [-0.2, 0) is 0 Å². The van der Waals surface area contributed by atoms with Gasteiger partial charge in [-0.2, -0.15) is 0 Å². The Morgan fingerprint density at radius 1 is 1.32 bits per heavy atom. The van der Waals surface area contributed by atoms with Gasteiger partial charge in [0.1, 0.15) is 11.6 Å². The molecule has 0 amide bonds. The number of benzene rings is 1. The maximum absolute atomic E-state index is 13.9. The van der Waals surface area contributed by atoms with E-state index < -0.39 is 17.7 Å². The molecule has 0 aliphatic carbocycles. The molecule has 1 atom stereocenters. The van der Waals surface area contributed by atoms with Gasteiger partial charge in [0.15, 0.2) is 0 Å². The third kappa shape index (κ3) is 3.55. The lowest BCUT2D eigenvalue weighted by Gasteiger charge is -2.34. The van der Waals surface area contributed by atoms with E-state index in [1.807, 2.05) is 4.90 Å². The molecule has 19 heavy (non-hydrogen) atoms. The number of aliphatic hydroxyl groups excluding tert-OH is 1. The zero-order valence-corrected chi connectivity index (χ0v) is 11.8. The van der Waals surface area contributed by atoms with E-state index in [0.717, 1.165) is 19.2 Å². The van der Waals surface area contributed by atoms with E-state index in [9.17, 15) is 13.9 Å². The Kier molecular flexibility index (Phi) is 6.42. The molecular weight excluding hydrogens is 297 g/mol. The molecule has 2 rings (SSSR count). The minimum Gasteiger partial charge on any atom is -0.394 e. The summed E-state index contributed by atoms with van der Waals surface area (Å²) in [7, 11) is 0. The summed E-state index contributed by atoms with van der Waals surface area (Å²) in [5, 5.41) is 12.5. The number of nitrogens with one attached hydrogen (secondary N) is 1. The van der Waals surface area contributed by atoms with E-state index >= 15 is 0 Å². The number of hydrogen-bond donors (Lipinski definition) is 2. The Bertz CT molecular complexity index is 428. The molecule has 1 aromatic rings. The van der Waals surface area contributed by atoms with Gasteiger partial charge in [-0.25, -0.2) is 8.78 Å². The lowest BCUT2D eigenvalue weighted by atomic mass is 10.0. The predicted molar refractivity (Wildman–Crippen MR) is 72.9 cm³/mol. The van der Waals surface area contributed by atoms with Crippen molar-refractivity contribution in [3.63, 3.8) is 0 Å². The minimum atomic E-state index is -0.783. The van der Waals surface area contributed by atoms with Gasteiger partial charge in [0, 0.05) is 31.7 Å². The van der Waals surface area contributed by atoms with Crippen LogP contribution in [0.1, 0.15) is 11.6 Å². The first-order valence-corrected chi connectivity index (χ1v) is 6.22. The van der Waals surface area contributed by atoms with Crippen molar-refractivity contribution in [1.29, 1.82) is 0 Å². The standard InChI is InChI=1S/C12H15ClF2N2O.ClH/c13-8-1-2-9(14)11(12(8)15)10(7-18)17-5-3-16-4-6-17;/h1-2,10,16,18H,3-7H2;1H/t10-;/m0./s1. The number of aliphatic hydroxyl groups is 1. The first kappa shape index (κ1) is 16.6. The van der Waals surface area contributed by atoms with Gasteiger partial charge >= 0.3 is 0 Å². The number of halogens is 4. The Morgan fingerprint density at radius 3 is 2.53 bits per heavy atom. The largest absolute Gasteiger partial charge is 0.394 e. The molecule has 3 nitrogen and oxygen atoms in total. The molecule has 0 unspecified atom stereocenters. The zero-order valence-electron chi connectivity index (χ0n) is 10.2. The van der Waals surface area contributed by atoms with Gasteiger partial charge in [-0.05, 0) is 12.1 Å². The molecule has 0 bridgehead atoms. The molecule has 0 spiro atoms. The van der Waals surface area contributed by atoms with E-state index in [-0.39, 0.29) is 29.6 Å². The molecule has 1 aliphatic rings. The van der Waals surface area contributed by atoms with E-state index in [1.54, 1.807) is 0 Å². The van der Waals surface area contributed by atoms with Crippen LogP contribution in [-0.4, -0.2) is 42.8 Å². The quantitative estimate of drug-likeness (QED) is 0.838. The lowest BCUT2D eigenvalue weighted by molar-refractivity contribution is 0.105. The molecule has 1 aliphatic heterocycles. The highest BCUT2D eigenvalue weighted by Crippen LogP contribution is 2.29. The van der Waals surface area contributed by atoms with Crippen molar-refractivity contribution in [1.82, 2.24) is 10.2 Å². The van der Waals surface area contributed by atoms with E-state index in [0.29, 0.717) is 13.1 Å². The van der Waals surface area contributed by atoms with E-state index in [1.165, 1.54) is 6.07 Å². The van der Waals surface area contributed by atoms with E-state index in [4.69, 9.17) is 11.6 Å².